The number of ether oxygens (including phenoxy) is 1. The molecule has 0 spiro atoms. The fourth-order valence-electron chi connectivity index (χ4n) is 1.73. The first-order valence-electron chi connectivity index (χ1n) is 5.05. The molecule has 17 heavy (non-hydrogen) atoms. The summed E-state index contributed by atoms with van der Waals surface area (Å²) in [7, 11) is 0. The molecule has 1 aromatic heterocycles. The smallest absolute Gasteiger partial charge is 0.351 e. The highest BCUT2D eigenvalue weighted by molar-refractivity contribution is 5.28. The summed E-state index contributed by atoms with van der Waals surface area (Å²) >= 11 is 0. The number of hydrogen-bond acceptors (Lipinski definition) is 7. The van der Waals surface area contributed by atoms with Crippen molar-refractivity contribution in [2.45, 2.75) is 31.5 Å². The second-order valence-corrected chi connectivity index (χ2v) is 3.83. The van der Waals surface area contributed by atoms with Crippen LogP contribution in [0.2, 0.25) is 0 Å². The monoisotopic (exact) mass is 243 g/mol. The minimum absolute atomic E-state index is 0.00710. The van der Waals surface area contributed by atoms with Crippen molar-refractivity contribution in [3.63, 3.8) is 0 Å². The van der Waals surface area contributed by atoms with Gasteiger partial charge in [0, 0.05) is 6.20 Å². The van der Waals surface area contributed by atoms with Crippen LogP contribution in [-0.2, 0) is 4.74 Å². The van der Waals surface area contributed by atoms with Gasteiger partial charge in [0.25, 0.3) is 0 Å². The van der Waals surface area contributed by atoms with Gasteiger partial charge in [-0.3, -0.25) is 15.3 Å². The van der Waals surface area contributed by atoms with E-state index in [2.05, 4.69) is 4.98 Å². The summed E-state index contributed by atoms with van der Waals surface area (Å²) in [6.45, 7) is 1.59. The lowest BCUT2D eigenvalue weighted by molar-refractivity contribution is -0.0350. The maximum absolute atomic E-state index is 11.6. The van der Waals surface area contributed by atoms with Gasteiger partial charge >= 0.3 is 5.69 Å². The number of nitrogens with zero attached hydrogens (tertiary/aromatic N) is 2. The topological polar surface area (TPSA) is 117 Å². The summed E-state index contributed by atoms with van der Waals surface area (Å²) in [5, 5.41) is 27.8. The number of aliphatic hydroxyl groups excluding tert-OH is 2. The molecule has 2 heterocycles. The Morgan fingerprint density at radius 1 is 1.47 bits per heavy atom. The minimum atomic E-state index is -1.20. The highest BCUT2D eigenvalue weighted by Crippen LogP contribution is 2.27. The third-order valence-electron chi connectivity index (χ3n) is 2.70. The Bertz CT molecular complexity index is 462. The molecular formula is C9H13N3O5. The van der Waals surface area contributed by atoms with Gasteiger partial charge in [-0.05, 0) is 13.0 Å². The maximum atomic E-state index is 11.6. The van der Waals surface area contributed by atoms with Gasteiger partial charge in [-0.25, -0.2) is 4.79 Å². The van der Waals surface area contributed by atoms with Crippen LogP contribution >= 0.6 is 0 Å². The van der Waals surface area contributed by atoms with E-state index in [4.69, 9.17) is 9.94 Å². The van der Waals surface area contributed by atoms with Gasteiger partial charge in [-0.2, -0.15) is 4.98 Å². The highest BCUT2D eigenvalue weighted by Gasteiger charge is 2.41. The molecule has 8 nitrogen and oxygen atoms in total. The first kappa shape index (κ1) is 12.0. The van der Waals surface area contributed by atoms with Crippen LogP contribution in [0.5, 0.6) is 0 Å². The van der Waals surface area contributed by atoms with Gasteiger partial charge in [0.15, 0.2) is 12.0 Å². The largest absolute Gasteiger partial charge is 0.388 e. The van der Waals surface area contributed by atoms with Gasteiger partial charge in [0.1, 0.15) is 12.2 Å². The Labute approximate surface area is 96.1 Å². The predicted octanol–water partition coefficient (Wildman–Crippen LogP) is -1.32. The van der Waals surface area contributed by atoms with E-state index in [1.807, 2.05) is 0 Å². The molecule has 1 saturated heterocycles. The molecule has 0 amide bonds. The molecule has 0 unspecified atom stereocenters. The quantitative estimate of drug-likeness (QED) is 0.476. The standard InChI is InChI=1S/C9H13N3O5/c1-4-6(13)7(14)8(17-4)12-3-2-5(11-16)10-9(12)15/h2-4,6-8,13-14,16H,1H3,(H,10,11,15)/t4-,6-,7-,8-/m1/s1. The number of rotatable bonds is 2. The van der Waals surface area contributed by atoms with Gasteiger partial charge < -0.3 is 14.9 Å². The molecule has 0 saturated carbocycles. The van der Waals surface area contributed by atoms with Crippen LogP contribution < -0.4 is 11.2 Å². The molecule has 0 aromatic carbocycles. The van der Waals surface area contributed by atoms with Crippen molar-refractivity contribution < 1.29 is 20.2 Å². The Kier molecular flexibility index (Phi) is 3.11. The lowest BCUT2D eigenvalue weighted by atomic mass is 10.1. The highest BCUT2D eigenvalue weighted by atomic mass is 16.6. The molecular weight excluding hydrogens is 230 g/mol. The molecule has 94 valence electrons. The molecule has 1 aliphatic heterocycles. The second kappa shape index (κ2) is 4.41. The fourth-order valence-corrected chi connectivity index (χ4v) is 1.73. The van der Waals surface area contributed by atoms with E-state index in [1.165, 1.54) is 12.3 Å². The summed E-state index contributed by atoms with van der Waals surface area (Å²) < 4.78 is 6.32. The third-order valence-corrected chi connectivity index (χ3v) is 2.70. The molecule has 4 N–H and O–H groups in total. The van der Waals surface area contributed by atoms with Crippen LogP contribution in [-0.4, -0.2) is 43.3 Å². The van der Waals surface area contributed by atoms with Crippen LogP contribution in [0.15, 0.2) is 17.1 Å². The Hall–Kier alpha value is -1.48. The van der Waals surface area contributed by atoms with Crippen LogP contribution in [0.1, 0.15) is 13.2 Å². The van der Waals surface area contributed by atoms with Crippen LogP contribution in [0.4, 0.5) is 5.82 Å². The second-order valence-electron chi connectivity index (χ2n) is 3.83. The Balaban J connectivity index is 2.32. The van der Waals surface area contributed by atoms with Gasteiger partial charge in [0.2, 0.25) is 0 Å². The van der Waals surface area contributed by atoms with E-state index in [9.17, 15) is 15.0 Å². The molecule has 0 aliphatic carbocycles. The Morgan fingerprint density at radius 2 is 2.18 bits per heavy atom. The number of aliphatic hydroxyl groups is 2. The lowest BCUT2D eigenvalue weighted by Crippen LogP contribution is -2.35. The van der Waals surface area contributed by atoms with Gasteiger partial charge in [0.05, 0.1) is 6.10 Å². The van der Waals surface area contributed by atoms with Gasteiger partial charge in [-0.15, -0.1) is 0 Å². The van der Waals surface area contributed by atoms with Crippen molar-refractivity contribution in [1.82, 2.24) is 9.55 Å². The van der Waals surface area contributed by atoms with Crippen molar-refractivity contribution in [1.29, 1.82) is 0 Å². The number of anilines is 1. The molecule has 4 atom stereocenters. The number of hydrogen-bond donors (Lipinski definition) is 4. The molecule has 0 bridgehead atoms. The molecule has 2 rings (SSSR count). The number of aromatic nitrogens is 2. The van der Waals surface area contributed by atoms with E-state index < -0.39 is 30.2 Å². The number of nitrogens with one attached hydrogen (secondary N) is 1. The van der Waals surface area contributed by atoms with E-state index in [-0.39, 0.29) is 5.82 Å². The van der Waals surface area contributed by atoms with Crippen molar-refractivity contribution in [3.8, 4) is 0 Å². The van der Waals surface area contributed by atoms with E-state index in [1.54, 1.807) is 12.4 Å². The van der Waals surface area contributed by atoms with E-state index in [0.29, 0.717) is 0 Å². The molecule has 1 aromatic rings. The first-order chi connectivity index (χ1) is 8.04. The third kappa shape index (κ3) is 2.03. The zero-order valence-electron chi connectivity index (χ0n) is 9.02. The normalized spacial score (nSPS) is 32.7. The van der Waals surface area contributed by atoms with Crippen LogP contribution in [0, 0.1) is 0 Å². The van der Waals surface area contributed by atoms with Crippen LogP contribution in [0.3, 0.4) is 0 Å². The fraction of sp³-hybridized carbons (Fsp3) is 0.556. The van der Waals surface area contributed by atoms with Crippen molar-refractivity contribution in [3.05, 3.63) is 22.7 Å². The first-order valence-corrected chi connectivity index (χ1v) is 5.05. The molecule has 1 fully saturated rings. The van der Waals surface area contributed by atoms with Crippen molar-refractivity contribution in [2.24, 2.45) is 0 Å². The predicted molar refractivity (Wildman–Crippen MR) is 55.5 cm³/mol. The Morgan fingerprint density at radius 3 is 2.65 bits per heavy atom. The van der Waals surface area contributed by atoms with E-state index in [0.717, 1.165) is 4.57 Å². The summed E-state index contributed by atoms with van der Waals surface area (Å²) in [5.74, 6) is -0.00710. The minimum Gasteiger partial charge on any atom is -0.388 e. The summed E-state index contributed by atoms with van der Waals surface area (Å²) in [5.41, 5.74) is 1.04. The maximum Gasteiger partial charge on any atom is 0.351 e. The summed E-state index contributed by atoms with van der Waals surface area (Å²) in [4.78, 5) is 15.1. The van der Waals surface area contributed by atoms with Crippen molar-refractivity contribution >= 4 is 5.82 Å². The lowest BCUT2D eigenvalue weighted by Gasteiger charge is -2.16. The van der Waals surface area contributed by atoms with Crippen molar-refractivity contribution in [2.75, 3.05) is 5.48 Å². The van der Waals surface area contributed by atoms with E-state index >= 15 is 0 Å². The molecule has 1 aliphatic rings. The SMILES string of the molecule is C[C@H]1O[C@@H](n2ccc(NO)nc2=O)[C@H](O)[C@@H]1O. The van der Waals surface area contributed by atoms with Crippen LogP contribution in [0.25, 0.3) is 0 Å². The summed E-state index contributed by atoms with van der Waals surface area (Å²) in [6.07, 6.45) is -2.49. The molecule has 8 heteroatoms. The summed E-state index contributed by atoms with van der Waals surface area (Å²) in [6, 6.07) is 1.34. The van der Waals surface area contributed by atoms with Gasteiger partial charge in [-0.1, -0.05) is 0 Å². The zero-order chi connectivity index (χ0) is 12.6. The average Bonchev–Trinajstić information content (AvgIpc) is 2.57. The zero-order valence-corrected chi connectivity index (χ0v) is 9.02. The average molecular weight is 243 g/mol. The molecule has 0 radical (unpaired) electrons.